The molecule has 1 amide bonds. The maximum atomic E-state index is 11.8. The molecular formula is C11H14N3O3+. The highest BCUT2D eigenvalue weighted by Crippen LogP contribution is 2.34. The Labute approximate surface area is 98.6 Å². The predicted molar refractivity (Wildman–Crippen MR) is 61.3 cm³/mol. The van der Waals surface area contributed by atoms with Gasteiger partial charge in [-0.1, -0.05) is 6.07 Å². The largest absolute Gasteiger partial charge is 0.307 e. The third kappa shape index (κ3) is 1.76. The molecule has 2 rings (SSSR count). The summed E-state index contributed by atoms with van der Waals surface area (Å²) in [6.07, 6.45) is -0.239. The maximum Gasteiger partial charge on any atom is 0.282 e. The van der Waals surface area contributed by atoms with Crippen molar-refractivity contribution in [2.75, 3.05) is 21.1 Å². The van der Waals surface area contributed by atoms with Crippen molar-refractivity contribution < 1.29 is 14.2 Å². The fourth-order valence-corrected chi connectivity index (χ4v) is 2.07. The SMILES string of the molecule is C[N+](C)(C)C1NC(=O)c2c1cccc2[N+](=O)[O-]. The van der Waals surface area contributed by atoms with E-state index in [0.29, 0.717) is 10.0 Å². The minimum atomic E-state index is -0.517. The van der Waals surface area contributed by atoms with Gasteiger partial charge >= 0.3 is 0 Å². The summed E-state index contributed by atoms with van der Waals surface area (Å²) in [4.78, 5) is 22.2. The van der Waals surface area contributed by atoms with E-state index in [9.17, 15) is 14.9 Å². The third-order valence-corrected chi connectivity index (χ3v) is 2.84. The lowest BCUT2D eigenvalue weighted by atomic mass is 10.1. The molecule has 6 heteroatoms. The van der Waals surface area contributed by atoms with Gasteiger partial charge in [-0.25, -0.2) is 0 Å². The Balaban J connectivity index is 2.62. The van der Waals surface area contributed by atoms with Crippen LogP contribution in [-0.2, 0) is 0 Å². The Morgan fingerprint density at radius 3 is 2.53 bits per heavy atom. The molecule has 0 fully saturated rings. The van der Waals surface area contributed by atoms with Crippen LogP contribution in [0.5, 0.6) is 0 Å². The number of benzene rings is 1. The van der Waals surface area contributed by atoms with Gasteiger partial charge in [0, 0.05) is 6.07 Å². The van der Waals surface area contributed by atoms with Crippen molar-refractivity contribution >= 4 is 11.6 Å². The highest BCUT2D eigenvalue weighted by atomic mass is 16.6. The van der Waals surface area contributed by atoms with E-state index in [4.69, 9.17) is 0 Å². The Hall–Kier alpha value is -1.95. The van der Waals surface area contributed by atoms with Gasteiger partial charge in [-0.3, -0.25) is 20.2 Å². The van der Waals surface area contributed by atoms with Gasteiger partial charge in [0.05, 0.1) is 31.6 Å². The van der Waals surface area contributed by atoms with Crippen molar-refractivity contribution in [1.29, 1.82) is 0 Å². The van der Waals surface area contributed by atoms with Crippen LogP contribution in [0.1, 0.15) is 22.1 Å². The highest BCUT2D eigenvalue weighted by Gasteiger charge is 2.41. The van der Waals surface area contributed by atoms with Gasteiger partial charge in [-0.2, -0.15) is 0 Å². The first-order valence-corrected chi connectivity index (χ1v) is 5.21. The molecule has 0 bridgehead atoms. The number of fused-ring (bicyclic) bond motifs is 1. The van der Waals surface area contributed by atoms with Crippen LogP contribution in [0.2, 0.25) is 0 Å². The van der Waals surface area contributed by atoms with Gasteiger partial charge in [-0.05, 0) is 6.07 Å². The zero-order valence-electron chi connectivity index (χ0n) is 9.93. The van der Waals surface area contributed by atoms with Gasteiger partial charge in [-0.15, -0.1) is 0 Å². The molecule has 0 saturated carbocycles. The summed E-state index contributed by atoms with van der Waals surface area (Å²) in [6, 6.07) is 4.73. The molecule has 1 aliphatic rings. The van der Waals surface area contributed by atoms with E-state index < -0.39 is 4.92 Å². The third-order valence-electron chi connectivity index (χ3n) is 2.84. The summed E-state index contributed by atoms with van der Waals surface area (Å²) < 4.78 is 0.486. The number of nitrogens with zero attached hydrogens (tertiary/aromatic N) is 2. The lowest BCUT2D eigenvalue weighted by Gasteiger charge is -2.31. The van der Waals surface area contributed by atoms with Crippen LogP contribution >= 0.6 is 0 Å². The number of rotatable bonds is 2. The van der Waals surface area contributed by atoms with Crippen LogP contribution < -0.4 is 5.32 Å². The average molecular weight is 236 g/mol. The lowest BCUT2D eigenvalue weighted by Crippen LogP contribution is -2.44. The number of quaternary nitrogens is 1. The molecule has 1 atom stereocenters. The number of hydrogen-bond donors (Lipinski definition) is 1. The van der Waals surface area contributed by atoms with Gasteiger partial charge in [0.2, 0.25) is 0 Å². The van der Waals surface area contributed by atoms with Crippen molar-refractivity contribution in [2.24, 2.45) is 0 Å². The second-order valence-electron chi connectivity index (χ2n) is 4.99. The molecular weight excluding hydrogens is 222 g/mol. The van der Waals surface area contributed by atoms with Crippen LogP contribution in [0.15, 0.2) is 18.2 Å². The van der Waals surface area contributed by atoms with Crippen LogP contribution in [0.25, 0.3) is 0 Å². The summed E-state index contributed by atoms with van der Waals surface area (Å²) in [5.41, 5.74) is 0.753. The Kier molecular flexibility index (Phi) is 2.39. The van der Waals surface area contributed by atoms with E-state index >= 15 is 0 Å². The molecule has 1 heterocycles. The van der Waals surface area contributed by atoms with Crippen molar-refractivity contribution in [1.82, 2.24) is 5.32 Å². The molecule has 17 heavy (non-hydrogen) atoms. The van der Waals surface area contributed by atoms with Crippen molar-refractivity contribution in [3.8, 4) is 0 Å². The van der Waals surface area contributed by atoms with E-state index in [1.165, 1.54) is 6.07 Å². The maximum absolute atomic E-state index is 11.8. The van der Waals surface area contributed by atoms with Crippen molar-refractivity contribution in [3.05, 3.63) is 39.4 Å². The smallest absolute Gasteiger partial charge is 0.282 e. The molecule has 0 radical (unpaired) electrons. The lowest BCUT2D eigenvalue weighted by molar-refractivity contribution is -0.904. The number of amides is 1. The van der Waals surface area contributed by atoms with Crippen molar-refractivity contribution in [2.45, 2.75) is 6.17 Å². The Morgan fingerprint density at radius 2 is 2.00 bits per heavy atom. The highest BCUT2D eigenvalue weighted by molar-refractivity contribution is 6.02. The monoisotopic (exact) mass is 236 g/mol. The summed E-state index contributed by atoms with van der Waals surface area (Å²) in [5, 5.41) is 13.7. The fourth-order valence-electron chi connectivity index (χ4n) is 2.07. The van der Waals surface area contributed by atoms with Crippen LogP contribution in [-0.4, -0.2) is 36.5 Å². The second-order valence-corrected chi connectivity index (χ2v) is 4.99. The first-order chi connectivity index (χ1) is 7.82. The fraction of sp³-hybridized carbons (Fsp3) is 0.364. The molecule has 0 aliphatic carbocycles. The number of nitrogens with one attached hydrogen (secondary N) is 1. The number of hydrogen-bond acceptors (Lipinski definition) is 3. The standard InChI is InChI=1S/C11H13N3O3/c1-14(2,3)10-7-5-4-6-8(13(16)17)9(7)11(15)12-10/h4-6,10H,1-3H3/p+1. The molecule has 90 valence electrons. The summed E-state index contributed by atoms with van der Waals surface area (Å²) in [5.74, 6) is -0.370. The molecule has 1 aromatic rings. The number of nitro benzene ring substituents is 1. The van der Waals surface area contributed by atoms with Gasteiger partial charge in [0.15, 0.2) is 6.17 Å². The van der Waals surface area contributed by atoms with Crippen LogP contribution in [0, 0.1) is 10.1 Å². The Bertz CT molecular complexity index is 505. The van der Waals surface area contributed by atoms with E-state index in [2.05, 4.69) is 5.32 Å². The molecule has 1 N–H and O–H groups in total. The normalized spacial score (nSPS) is 18.8. The van der Waals surface area contributed by atoms with Crippen molar-refractivity contribution in [3.63, 3.8) is 0 Å². The first kappa shape index (κ1) is 11.5. The minimum absolute atomic E-state index is 0.129. The van der Waals surface area contributed by atoms with E-state index in [0.717, 1.165) is 0 Å². The zero-order valence-corrected chi connectivity index (χ0v) is 9.93. The average Bonchev–Trinajstić information content (AvgIpc) is 2.56. The molecule has 1 unspecified atom stereocenters. The molecule has 6 nitrogen and oxygen atoms in total. The first-order valence-electron chi connectivity index (χ1n) is 5.21. The topological polar surface area (TPSA) is 72.2 Å². The van der Waals surface area contributed by atoms with Crippen LogP contribution in [0.4, 0.5) is 5.69 Å². The van der Waals surface area contributed by atoms with Gasteiger partial charge in [0.25, 0.3) is 11.6 Å². The predicted octanol–water partition coefficient (Wildman–Crippen LogP) is 1.04. The summed E-state index contributed by atoms with van der Waals surface area (Å²) in [7, 11) is 5.79. The summed E-state index contributed by atoms with van der Waals surface area (Å²) in [6.45, 7) is 0. The van der Waals surface area contributed by atoms with Gasteiger partial charge < -0.3 is 4.48 Å². The quantitative estimate of drug-likeness (QED) is 0.474. The summed E-state index contributed by atoms with van der Waals surface area (Å²) >= 11 is 0. The number of nitro groups is 1. The molecule has 1 aromatic carbocycles. The minimum Gasteiger partial charge on any atom is -0.307 e. The molecule has 0 spiro atoms. The second kappa shape index (κ2) is 3.53. The van der Waals surface area contributed by atoms with Crippen LogP contribution in [0.3, 0.4) is 0 Å². The van der Waals surface area contributed by atoms with Gasteiger partial charge in [0.1, 0.15) is 5.56 Å². The number of carbonyl (C=O) groups is 1. The molecule has 0 saturated heterocycles. The molecule has 0 aromatic heterocycles. The molecule has 1 aliphatic heterocycles. The number of carbonyl (C=O) groups excluding carboxylic acids is 1. The van der Waals surface area contributed by atoms with E-state index in [1.807, 2.05) is 21.1 Å². The Morgan fingerprint density at radius 1 is 1.35 bits per heavy atom. The zero-order chi connectivity index (χ0) is 12.8. The van der Waals surface area contributed by atoms with E-state index in [-0.39, 0.29) is 23.3 Å². The van der Waals surface area contributed by atoms with E-state index in [1.54, 1.807) is 12.1 Å².